The second-order valence-corrected chi connectivity index (χ2v) is 9.33. The lowest BCUT2D eigenvalue weighted by Gasteiger charge is -2.30. The maximum absolute atomic E-state index is 13.4. The van der Waals surface area contributed by atoms with Crippen molar-refractivity contribution in [1.29, 1.82) is 0 Å². The molecular formula is C26H31N3O3S. The molecule has 0 spiro atoms. The minimum atomic E-state index is 0.0394. The molecule has 4 rings (SSSR count). The van der Waals surface area contributed by atoms with Gasteiger partial charge in [-0.05, 0) is 43.7 Å². The summed E-state index contributed by atoms with van der Waals surface area (Å²) < 4.78 is 11.4. The van der Waals surface area contributed by atoms with Gasteiger partial charge in [0.2, 0.25) is 0 Å². The number of amides is 1. The third-order valence-electron chi connectivity index (χ3n) is 5.65. The second kappa shape index (κ2) is 11.4. The van der Waals surface area contributed by atoms with Crippen molar-refractivity contribution in [2.45, 2.75) is 27.0 Å². The van der Waals surface area contributed by atoms with Crippen LogP contribution < -0.4 is 4.74 Å². The molecule has 3 aromatic rings. The van der Waals surface area contributed by atoms with Gasteiger partial charge in [0.1, 0.15) is 17.4 Å². The Morgan fingerprint density at radius 2 is 1.88 bits per heavy atom. The monoisotopic (exact) mass is 465 g/mol. The molecule has 1 aliphatic rings. The third kappa shape index (κ3) is 6.87. The summed E-state index contributed by atoms with van der Waals surface area (Å²) in [5.41, 5.74) is 3.86. The lowest BCUT2D eigenvalue weighted by molar-refractivity contribution is 0.0319. The van der Waals surface area contributed by atoms with Gasteiger partial charge in [-0.25, -0.2) is 4.98 Å². The van der Waals surface area contributed by atoms with Gasteiger partial charge in [-0.15, -0.1) is 11.3 Å². The summed E-state index contributed by atoms with van der Waals surface area (Å²) in [6.45, 7) is 9.76. The zero-order chi connectivity index (χ0) is 23.0. The molecule has 0 atom stereocenters. The number of rotatable bonds is 9. The summed E-state index contributed by atoms with van der Waals surface area (Å²) in [7, 11) is 0. The fraction of sp³-hybridized carbons (Fsp3) is 0.385. The van der Waals surface area contributed by atoms with E-state index >= 15 is 0 Å². The quantitative estimate of drug-likeness (QED) is 0.471. The maximum Gasteiger partial charge on any atom is 0.254 e. The molecule has 174 valence electrons. The van der Waals surface area contributed by atoms with Crippen LogP contribution in [0.1, 0.15) is 32.2 Å². The number of hydrogen-bond acceptors (Lipinski definition) is 6. The van der Waals surface area contributed by atoms with Gasteiger partial charge < -0.3 is 14.4 Å². The van der Waals surface area contributed by atoms with E-state index in [1.807, 2.05) is 72.7 Å². The van der Waals surface area contributed by atoms with Crippen molar-refractivity contribution < 1.29 is 14.3 Å². The average Bonchev–Trinajstić information content (AvgIpc) is 3.28. The van der Waals surface area contributed by atoms with Crippen LogP contribution in [0.15, 0.2) is 53.9 Å². The minimum absolute atomic E-state index is 0.0394. The number of thiazole rings is 1. The molecular weight excluding hydrogens is 434 g/mol. The number of carbonyl (C=O) groups is 1. The average molecular weight is 466 g/mol. The molecule has 6 nitrogen and oxygen atoms in total. The Labute approximate surface area is 199 Å². The van der Waals surface area contributed by atoms with E-state index in [1.165, 1.54) is 0 Å². The van der Waals surface area contributed by atoms with Crippen LogP contribution in [0.25, 0.3) is 0 Å². The van der Waals surface area contributed by atoms with Crippen LogP contribution in [0.4, 0.5) is 0 Å². The van der Waals surface area contributed by atoms with Crippen LogP contribution in [-0.4, -0.2) is 60.1 Å². The van der Waals surface area contributed by atoms with Crippen LogP contribution >= 0.6 is 11.3 Å². The van der Waals surface area contributed by atoms with E-state index in [1.54, 1.807) is 11.3 Å². The van der Waals surface area contributed by atoms with Crippen LogP contribution in [0.3, 0.4) is 0 Å². The number of morpholine rings is 1. The summed E-state index contributed by atoms with van der Waals surface area (Å²) >= 11 is 1.57. The minimum Gasteiger partial charge on any atom is -0.486 e. The summed E-state index contributed by atoms with van der Waals surface area (Å²) in [6.07, 6.45) is 0. The largest absolute Gasteiger partial charge is 0.486 e. The van der Waals surface area contributed by atoms with Crippen molar-refractivity contribution in [3.63, 3.8) is 0 Å². The number of hydrogen-bond donors (Lipinski definition) is 0. The Morgan fingerprint density at radius 3 is 2.64 bits per heavy atom. The number of benzene rings is 2. The van der Waals surface area contributed by atoms with Crippen LogP contribution in [0.5, 0.6) is 5.75 Å². The molecule has 1 saturated heterocycles. The van der Waals surface area contributed by atoms with Crippen LogP contribution in [0, 0.1) is 13.8 Å². The highest BCUT2D eigenvalue weighted by Gasteiger charge is 2.20. The summed E-state index contributed by atoms with van der Waals surface area (Å²) in [5.74, 6) is 0.881. The van der Waals surface area contributed by atoms with Gasteiger partial charge in [0.05, 0.1) is 25.5 Å². The van der Waals surface area contributed by atoms with E-state index in [4.69, 9.17) is 14.5 Å². The Balaban J connectivity index is 1.42. The molecule has 1 amide bonds. The molecule has 0 unspecified atom stereocenters. The first-order valence-electron chi connectivity index (χ1n) is 11.4. The molecule has 0 bridgehead atoms. The molecule has 1 fully saturated rings. The van der Waals surface area contributed by atoms with E-state index in [9.17, 15) is 4.79 Å². The SMILES string of the molecule is Cc1cccc(OCc2nc(CN(CCN3CCOCC3)C(=O)c3cccc(C)c3)cs2)c1. The van der Waals surface area contributed by atoms with Gasteiger partial charge in [-0.3, -0.25) is 9.69 Å². The van der Waals surface area contributed by atoms with Gasteiger partial charge in [-0.2, -0.15) is 0 Å². The molecule has 0 saturated carbocycles. The first kappa shape index (κ1) is 23.4. The van der Waals surface area contributed by atoms with Crippen LogP contribution in [0.2, 0.25) is 0 Å². The molecule has 1 aliphatic heterocycles. The fourth-order valence-corrected chi connectivity index (χ4v) is 4.53. The number of aryl methyl sites for hydroxylation is 2. The Kier molecular flexibility index (Phi) is 8.10. The first-order chi connectivity index (χ1) is 16.1. The molecule has 2 aromatic carbocycles. The summed E-state index contributed by atoms with van der Waals surface area (Å²) in [6, 6.07) is 15.8. The normalized spacial score (nSPS) is 14.2. The van der Waals surface area contributed by atoms with E-state index in [2.05, 4.69) is 4.90 Å². The molecule has 0 radical (unpaired) electrons. The lowest BCUT2D eigenvalue weighted by atomic mass is 10.1. The standard InChI is InChI=1S/C26H31N3O3S/c1-20-5-3-7-22(15-20)26(30)29(10-9-28-11-13-31-14-12-28)17-23-19-33-25(27-23)18-32-24-8-4-6-21(2)16-24/h3-8,15-16,19H,9-14,17-18H2,1-2H3. The molecule has 0 aliphatic carbocycles. The van der Waals surface area contributed by atoms with Crippen molar-refractivity contribution in [2.75, 3.05) is 39.4 Å². The number of nitrogens with zero attached hydrogens (tertiary/aromatic N) is 3. The summed E-state index contributed by atoms with van der Waals surface area (Å²) in [4.78, 5) is 22.4. The number of ether oxygens (including phenoxy) is 2. The highest BCUT2D eigenvalue weighted by molar-refractivity contribution is 7.09. The predicted octanol–water partition coefficient (Wildman–Crippen LogP) is 4.31. The van der Waals surface area contributed by atoms with Gasteiger partial charge in [0.15, 0.2) is 0 Å². The lowest BCUT2D eigenvalue weighted by Crippen LogP contribution is -2.43. The number of aromatic nitrogens is 1. The van der Waals surface area contributed by atoms with Gasteiger partial charge in [-0.1, -0.05) is 29.8 Å². The number of carbonyl (C=O) groups excluding carboxylic acids is 1. The molecule has 2 heterocycles. The van der Waals surface area contributed by atoms with E-state index < -0.39 is 0 Å². The highest BCUT2D eigenvalue weighted by Crippen LogP contribution is 2.18. The Morgan fingerprint density at radius 1 is 1.12 bits per heavy atom. The van der Waals surface area contributed by atoms with Crippen molar-refractivity contribution >= 4 is 17.2 Å². The second-order valence-electron chi connectivity index (χ2n) is 8.39. The predicted molar refractivity (Wildman–Crippen MR) is 131 cm³/mol. The first-order valence-corrected chi connectivity index (χ1v) is 12.2. The zero-order valence-electron chi connectivity index (χ0n) is 19.3. The van der Waals surface area contributed by atoms with E-state index in [-0.39, 0.29) is 5.91 Å². The van der Waals surface area contributed by atoms with E-state index in [0.29, 0.717) is 19.7 Å². The smallest absolute Gasteiger partial charge is 0.254 e. The molecule has 1 aromatic heterocycles. The van der Waals surface area contributed by atoms with Gasteiger partial charge in [0, 0.05) is 37.1 Å². The van der Waals surface area contributed by atoms with E-state index in [0.717, 1.165) is 66.0 Å². The zero-order valence-corrected chi connectivity index (χ0v) is 20.1. The Bertz CT molecular complexity index is 1060. The topological polar surface area (TPSA) is 54.9 Å². The third-order valence-corrected chi connectivity index (χ3v) is 6.52. The molecule has 7 heteroatoms. The Hall–Kier alpha value is -2.74. The fourth-order valence-electron chi connectivity index (χ4n) is 3.83. The van der Waals surface area contributed by atoms with Crippen molar-refractivity contribution in [3.05, 3.63) is 81.3 Å². The van der Waals surface area contributed by atoms with Crippen molar-refractivity contribution in [3.8, 4) is 5.75 Å². The van der Waals surface area contributed by atoms with Crippen LogP contribution in [-0.2, 0) is 17.9 Å². The molecule has 0 N–H and O–H groups in total. The highest BCUT2D eigenvalue weighted by atomic mass is 32.1. The van der Waals surface area contributed by atoms with Gasteiger partial charge in [0.25, 0.3) is 5.91 Å². The molecule has 33 heavy (non-hydrogen) atoms. The van der Waals surface area contributed by atoms with Crippen molar-refractivity contribution in [1.82, 2.24) is 14.8 Å². The van der Waals surface area contributed by atoms with Gasteiger partial charge >= 0.3 is 0 Å². The van der Waals surface area contributed by atoms with Crippen molar-refractivity contribution in [2.24, 2.45) is 0 Å². The summed E-state index contributed by atoms with van der Waals surface area (Å²) in [5, 5.41) is 2.93. The maximum atomic E-state index is 13.4.